The van der Waals surface area contributed by atoms with Crippen LogP contribution in [0.25, 0.3) is 0 Å². The third-order valence-corrected chi connectivity index (χ3v) is 17.0. The second-order valence-corrected chi connectivity index (χ2v) is 25.2. The fourth-order valence-corrected chi connectivity index (χ4v) is 11.4. The SMILES string of the molecule is CCCCCCC/C=C\C/C=C\CCCCCCCCCCCCCC(=O)OC(COC(=O)CCCCCCC)COC(=O)CCCCCCCCCCCCCCCCCCCCCCCCCCCCCCCCCCCCC. The van der Waals surface area contributed by atoms with E-state index in [-0.39, 0.29) is 31.1 Å². The second-order valence-electron chi connectivity index (χ2n) is 25.2. The van der Waals surface area contributed by atoms with Crippen LogP contribution in [-0.2, 0) is 28.6 Å². The maximum Gasteiger partial charge on any atom is 0.306 e. The van der Waals surface area contributed by atoms with Gasteiger partial charge in [0.05, 0.1) is 0 Å². The van der Waals surface area contributed by atoms with Crippen molar-refractivity contribution >= 4 is 17.9 Å². The maximum absolute atomic E-state index is 12.9. The number of hydrogen-bond acceptors (Lipinski definition) is 6. The molecule has 1 atom stereocenters. The van der Waals surface area contributed by atoms with Gasteiger partial charge in [-0.3, -0.25) is 14.4 Å². The van der Waals surface area contributed by atoms with Crippen molar-refractivity contribution in [3.8, 4) is 0 Å². The van der Waals surface area contributed by atoms with Crippen molar-refractivity contribution in [2.45, 2.75) is 425 Å². The Kier molecular flexibility index (Phi) is 68.5. The minimum absolute atomic E-state index is 0.0672. The summed E-state index contributed by atoms with van der Waals surface area (Å²) in [5, 5.41) is 0. The number of carbonyl (C=O) groups is 3. The van der Waals surface area contributed by atoms with Gasteiger partial charge in [0.15, 0.2) is 6.10 Å². The molecule has 478 valence electrons. The highest BCUT2D eigenvalue weighted by Gasteiger charge is 2.19. The lowest BCUT2D eigenvalue weighted by Gasteiger charge is -2.18. The first-order valence-corrected chi connectivity index (χ1v) is 36.8. The molecule has 0 aromatic carbocycles. The number of esters is 3. The highest BCUT2D eigenvalue weighted by Crippen LogP contribution is 2.19. The van der Waals surface area contributed by atoms with Crippen LogP contribution in [0.15, 0.2) is 24.3 Å². The van der Waals surface area contributed by atoms with E-state index < -0.39 is 6.10 Å². The Morgan fingerprint density at radius 3 is 0.679 bits per heavy atom. The zero-order chi connectivity index (χ0) is 58.5. The molecule has 6 nitrogen and oxygen atoms in total. The van der Waals surface area contributed by atoms with E-state index in [4.69, 9.17) is 14.2 Å². The lowest BCUT2D eigenvalue weighted by atomic mass is 10.0. The van der Waals surface area contributed by atoms with E-state index >= 15 is 0 Å². The Morgan fingerprint density at radius 1 is 0.247 bits per heavy atom. The van der Waals surface area contributed by atoms with Crippen LogP contribution in [0.3, 0.4) is 0 Å². The zero-order valence-corrected chi connectivity index (χ0v) is 55.1. The molecular weight excluding hydrogens is 997 g/mol. The van der Waals surface area contributed by atoms with Crippen molar-refractivity contribution in [2.75, 3.05) is 13.2 Å². The minimum Gasteiger partial charge on any atom is -0.462 e. The first-order chi connectivity index (χ1) is 40.0. The average Bonchev–Trinajstić information content (AvgIpc) is 3.47. The molecule has 0 heterocycles. The van der Waals surface area contributed by atoms with Gasteiger partial charge in [-0.1, -0.05) is 373 Å². The van der Waals surface area contributed by atoms with Gasteiger partial charge in [-0.25, -0.2) is 0 Å². The molecule has 0 radical (unpaired) electrons. The summed E-state index contributed by atoms with van der Waals surface area (Å²) < 4.78 is 16.8. The molecule has 81 heavy (non-hydrogen) atoms. The van der Waals surface area contributed by atoms with E-state index in [2.05, 4.69) is 45.1 Å². The van der Waals surface area contributed by atoms with Crippen molar-refractivity contribution in [1.82, 2.24) is 0 Å². The molecule has 0 aromatic rings. The molecule has 0 saturated carbocycles. The first kappa shape index (κ1) is 78.9. The van der Waals surface area contributed by atoms with E-state index in [1.807, 2.05) is 0 Å². The summed E-state index contributed by atoms with van der Waals surface area (Å²) in [5.74, 6) is -0.857. The summed E-state index contributed by atoms with van der Waals surface area (Å²) in [6.45, 7) is 6.62. The molecule has 0 N–H and O–H groups in total. The van der Waals surface area contributed by atoms with Crippen molar-refractivity contribution in [3.05, 3.63) is 24.3 Å². The topological polar surface area (TPSA) is 78.9 Å². The zero-order valence-electron chi connectivity index (χ0n) is 55.1. The van der Waals surface area contributed by atoms with E-state index in [9.17, 15) is 14.4 Å². The summed E-state index contributed by atoms with van der Waals surface area (Å²) in [7, 11) is 0. The van der Waals surface area contributed by atoms with E-state index in [1.165, 1.54) is 308 Å². The van der Waals surface area contributed by atoms with Gasteiger partial charge >= 0.3 is 17.9 Å². The van der Waals surface area contributed by atoms with Crippen LogP contribution in [0.1, 0.15) is 419 Å². The van der Waals surface area contributed by atoms with Gasteiger partial charge in [0, 0.05) is 19.3 Å². The molecule has 6 heteroatoms. The van der Waals surface area contributed by atoms with Crippen molar-refractivity contribution in [3.63, 3.8) is 0 Å². The monoisotopic (exact) mass is 1140 g/mol. The molecule has 1 unspecified atom stereocenters. The van der Waals surface area contributed by atoms with Crippen LogP contribution < -0.4 is 0 Å². The largest absolute Gasteiger partial charge is 0.462 e. The minimum atomic E-state index is -0.767. The molecule has 0 rings (SSSR count). The van der Waals surface area contributed by atoms with E-state index in [0.29, 0.717) is 19.3 Å². The third-order valence-electron chi connectivity index (χ3n) is 17.0. The maximum atomic E-state index is 12.9. The summed E-state index contributed by atoms with van der Waals surface area (Å²) in [6.07, 6.45) is 87.2. The molecule has 0 aromatic heterocycles. The van der Waals surface area contributed by atoms with Crippen LogP contribution in [0.2, 0.25) is 0 Å². The molecule has 0 spiro atoms. The summed E-state index contributed by atoms with van der Waals surface area (Å²) in [4.78, 5) is 38.0. The van der Waals surface area contributed by atoms with Gasteiger partial charge in [0.2, 0.25) is 0 Å². The number of carbonyl (C=O) groups excluding carboxylic acids is 3. The highest BCUT2D eigenvalue weighted by atomic mass is 16.6. The molecule has 0 aliphatic rings. The Balaban J connectivity index is 3.85. The lowest BCUT2D eigenvalue weighted by Crippen LogP contribution is -2.30. The predicted molar refractivity (Wildman–Crippen MR) is 353 cm³/mol. The molecule has 0 aliphatic carbocycles. The van der Waals surface area contributed by atoms with Gasteiger partial charge in [-0.2, -0.15) is 0 Å². The van der Waals surface area contributed by atoms with Crippen molar-refractivity contribution < 1.29 is 28.6 Å². The van der Waals surface area contributed by atoms with Gasteiger partial charge in [0.25, 0.3) is 0 Å². The quantitative estimate of drug-likeness (QED) is 0.0261. The molecule has 0 saturated heterocycles. The first-order valence-electron chi connectivity index (χ1n) is 36.8. The molecule has 0 amide bonds. The summed E-state index contributed by atoms with van der Waals surface area (Å²) in [5.41, 5.74) is 0. The van der Waals surface area contributed by atoms with Crippen LogP contribution in [0, 0.1) is 0 Å². The Hall–Kier alpha value is -2.11. The van der Waals surface area contributed by atoms with E-state index in [0.717, 1.165) is 70.6 Å². The smallest absolute Gasteiger partial charge is 0.306 e. The second kappa shape index (κ2) is 70.4. The molecule has 0 bridgehead atoms. The molecular formula is C75H142O6. The highest BCUT2D eigenvalue weighted by molar-refractivity contribution is 5.71. The standard InChI is InChI=1S/C75H142O6/c1-4-7-10-13-15-17-19-21-23-25-27-29-31-32-33-34-35-36-37-38-39-40-41-42-44-45-47-49-51-53-55-57-59-62-65-68-74(77)80-71-72(70-79-73(76)67-64-61-12-9-6-3)81-75(78)69-66-63-60-58-56-54-52-50-48-46-43-30-28-26-24-22-20-18-16-14-11-8-5-2/h20,22,26,28,72H,4-19,21,23-25,27,29-71H2,1-3H3/b22-20-,28-26-. The van der Waals surface area contributed by atoms with Crippen LogP contribution >= 0.6 is 0 Å². The number of hydrogen-bond donors (Lipinski definition) is 0. The molecule has 0 aliphatic heterocycles. The Bertz CT molecular complexity index is 1310. The fourth-order valence-electron chi connectivity index (χ4n) is 11.4. The van der Waals surface area contributed by atoms with E-state index in [1.54, 1.807) is 0 Å². The summed E-state index contributed by atoms with van der Waals surface area (Å²) in [6, 6.07) is 0. The van der Waals surface area contributed by atoms with Crippen molar-refractivity contribution in [1.29, 1.82) is 0 Å². The number of unbranched alkanes of at least 4 members (excludes halogenated alkanes) is 54. The van der Waals surface area contributed by atoms with Crippen LogP contribution in [-0.4, -0.2) is 37.2 Å². The van der Waals surface area contributed by atoms with Crippen LogP contribution in [0.4, 0.5) is 0 Å². The predicted octanol–water partition coefficient (Wildman–Crippen LogP) is 25.3. The fraction of sp³-hybridized carbons (Fsp3) is 0.907. The van der Waals surface area contributed by atoms with Crippen LogP contribution in [0.5, 0.6) is 0 Å². The molecule has 0 fully saturated rings. The van der Waals surface area contributed by atoms with Gasteiger partial charge < -0.3 is 14.2 Å². The average molecular weight is 1140 g/mol. The van der Waals surface area contributed by atoms with Gasteiger partial charge in [-0.05, 0) is 51.4 Å². The van der Waals surface area contributed by atoms with Gasteiger partial charge in [0.1, 0.15) is 13.2 Å². The Morgan fingerprint density at radius 2 is 0.444 bits per heavy atom. The summed E-state index contributed by atoms with van der Waals surface area (Å²) >= 11 is 0. The van der Waals surface area contributed by atoms with Gasteiger partial charge in [-0.15, -0.1) is 0 Å². The Labute approximate surface area is 506 Å². The third kappa shape index (κ3) is 68.6. The number of allylic oxidation sites excluding steroid dienone is 4. The van der Waals surface area contributed by atoms with Crippen molar-refractivity contribution in [2.24, 2.45) is 0 Å². The normalized spacial score (nSPS) is 12.1. The number of rotatable bonds is 69. The number of ether oxygens (including phenoxy) is 3. The lowest BCUT2D eigenvalue weighted by molar-refractivity contribution is -0.167.